The summed E-state index contributed by atoms with van der Waals surface area (Å²) in [6, 6.07) is 4.08. The molecule has 1 aliphatic heterocycles. The Morgan fingerprint density at radius 3 is 2.35 bits per heavy atom. The zero-order valence-corrected chi connectivity index (χ0v) is 13.0. The van der Waals surface area contributed by atoms with Gasteiger partial charge in [0, 0.05) is 0 Å². The first kappa shape index (κ1) is 18.0. The quantitative estimate of drug-likeness (QED) is 0.740. The van der Waals surface area contributed by atoms with Gasteiger partial charge in [-0.25, -0.2) is 13.1 Å². The normalized spacial score (nSPS) is 17.2. The third-order valence-electron chi connectivity index (χ3n) is 3.34. The molecule has 6 nitrogen and oxygen atoms in total. The van der Waals surface area contributed by atoms with E-state index in [9.17, 15) is 21.6 Å². The van der Waals surface area contributed by atoms with Crippen LogP contribution in [0, 0.1) is 0 Å². The Kier molecular flexibility index (Phi) is 5.84. The molecule has 2 rings (SSSR count). The van der Waals surface area contributed by atoms with Gasteiger partial charge in [-0.15, -0.1) is 13.2 Å². The van der Waals surface area contributed by atoms with E-state index in [1.165, 1.54) is 4.90 Å². The maximum absolute atomic E-state index is 12.1. The number of rotatable bonds is 6. The summed E-state index contributed by atoms with van der Waals surface area (Å²) in [6.45, 7) is 3.83. The predicted octanol–water partition coefficient (Wildman–Crippen LogP) is -0.221. The Morgan fingerprint density at radius 1 is 1.17 bits per heavy atom. The maximum atomic E-state index is 12.1. The number of hydrogen-bond acceptors (Lipinski definition) is 4. The summed E-state index contributed by atoms with van der Waals surface area (Å²) < 4.78 is 71.6. The molecule has 0 unspecified atom stereocenters. The topological polar surface area (TPSA) is 69.1 Å². The molecule has 0 amide bonds. The lowest BCUT2D eigenvalue weighted by Gasteiger charge is -2.23. The van der Waals surface area contributed by atoms with E-state index in [-0.39, 0.29) is 11.4 Å². The van der Waals surface area contributed by atoms with Crippen LogP contribution in [0.2, 0.25) is 0 Å². The molecule has 0 aliphatic carbocycles. The molecule has 130 valence electrons. The Bertz CT molecular complexity index is 599. The van der Waals surface area contributed by atoms with Crippen molar-refractivity contribution < 1.29 is 36.0 Å². The van der Waals surface area contributed by atoms with Crippen LogP contribution in [0.15, 0.2) is 29.2 Å². The van der Waals surface area contributed by atoms with Gasteiger partial charge in [-0.05, 0) is 24.3 Å². The van der Waals surface area contributed by atoms with Crippen LogP contribution in [-0.2, 0) is 14.8 Å². The summed E-state index contributed by atoms with van der Waals surface area (Å²) in [5.41, 5.74) is 0. The highest BCUT2D eigenvalue weighted by Gasteiger charge is 2.31. The van der Waals surface area contributed by atoms with Crippen LogP contribution in [0.1, 0.15) is 0 Å². The van der Waals surface area contributed by atoms with Gasteiger partial charge >= 0.3 is 6.36 Å². The average molecular weight is 355 g/mol. The molecule has 10 heteroatoms. The fourth-order valence-corrected chi connectivity index (χ4v) is 3.21. The molecule has 0 spiro atoms. The fourth-order valence-electron chi connectivity index (χ4n) is 2.18. The van der Waals surface area contributed by atoms with Gasteiger partial charge in [0.05, 0.1) is 31.2 Å². The molecule has 0 aromatic heterocycles. The molecule has 1 aliphatic rings. The molecule has 2 N–H and O–H groups in total. The number of hydrogen-bond donors (Lipinski definition) is 2. The van der Waals surface area contributed by atoms with E-state index in [4.69, 9.17) is 4.74 Å². The highest BCUT2D eigenvalue weighted by atomic mass is 32.2. The van der Waals surface area contributed by atoms with Gasteiger partial charge in [-0.2, -0.15) is 0 Å². The molecule has 0 radical (unpaired) electrons. The smallest absolute Gasteiger partial charge is 0.406 e. The second-order valence-corrected chi connectivity index (χ2v) is 6.80. The first-order chi connectivity index (χ1) is 10.8. The minimum Gasteiger partial charge on any atom is -0.406 e. The standard InChI is InChI=1S/C13H17F3N2O4S/c14-13(15,16)22-11-1-3-12(4-2-11)23(19,20)17-5-6-18-7-9-21-10-8-18/h1-4,17H,5-10H2/p+1. The largest absolute Gasteiger partial charge is 0.573 e. The van der Waals surface area contributed by atoms with Crippen LogP contribution in [-0.4, -0.2) is 54.2 Å². The van der Waals surface area contributed by atoms with E-state index < -0.39 is 22.1 Å². The third kappa shape index (κ3) is 5.98. The van der Waals surface area contributed by atoms with Crippen LogP contribution < -0.4 is 14.4 Å². The molecule has 0 atom stereocenters. The first-order valence-electron chi connectivity index (χ1n) is 7.03. The van der Waals surface area contributed by atoms with Gasteiger partial charge < -0.3 is 14.4 Å². The summed E-state index contributed by atoms with van der Waals surface area (Å²) in [7, 11) is -3.75. The van der Waals surface area contributed by atoms with Gasteiger partial charge in [-0.3, -0.25) is 0 Å². The molecule has 1 aromatic rings. The van der Waals surface area contributed by atoms with Crippen molar-refractivity contribution in [3.05, 3.63) is 24.3 Å². The number of morpholine rings is 1. The number of sulfonamides is 1. The Hall–Kier alpha value is -1.36. The molecule has 23 heavy (non-hydrogen) atoms. The van der Waals surface area contributed by atoms with E-state index in [0.29, 0.717) is 19.8 Å². The molecule has 1 aromatic carbocycles. The number of benzene rings is 1. The number of quaternary nitrogens is 1. The number of halogens is 3. The van der Waals surface area contributed by atoms with Crippen molar-refractivity contribution in [3.63, 3.8) is 0 Å². The van der Waals surface area contributed by atoms with E-state index in [1.54, 1.807) is 0 Å². The zero-order chi connectivity index (χ0) is 16.9. The molecule has 0 bridgehead atoms. The lowest BCUT2D eigenvalue weighted by atomic mass is 10.3. The summed E-state index contributed by atoms with van der Waals surface area (Å²) in [5, 5.41) is 0. The SMILES string of the molecule is O=S(=O)(NCC[NH+]1CCOCC1)c1ccc(OC(F)(F)F)cc1. The molecule has 1 heterocycles. The molecular formula is C13H18F3N2O4S+. The summed E-state index contributed by atoms with van der Waals surface area (Å²) in [4.78, 5) is 1.14. The third-order valence-corrected chi connectivity index (χ3v) is 4.82. The fraction of sp³-hybridized carbons (Fsp3) is 0.538. The summed E-state index contributed by atoms with van der Waals surface area (Å²) >= 11 is 0. The van der Waals surface area contributed by atoms with Crippen molar-refractivity contribution in [3.8, 4) is 5.75 Å². The van der Waals surface area contributed by atoms with Crippen LogP contribution in [0.4, 0.5) is 13.2 Å². The van der Waals surface area contributed by atoms with Crippen molar-refractivity contribution >= 4 is 10.0 Å². The minimum absolute atomic E-state index is 0.107. The average Bonchev–Trinajstić information content (AvgIpc) is 2.47. The maximum Gasteiger partial charge on any atom is 0.573 e. The number of alkyl halides is 3. The zero-order valence-electron chi connectivity index (χ0n) is 12.2. The number of ether oxygens (including phenoxy) is 2. The van der Waals surface area contributed by atoms with Crippen LogP contribution in [0.5, 0.6) is 5.75 Å². The molecular weight excluding hydrogens is 337 g/mol. The van der Waals surface area contributed by atoms with Crippen molar-refractivity contribution in [1.29, 1.82) is 0 Å². The second-order valence-electron chi connectivity index (χ2n) is 5.03. The van der Waals surface area contributed by atoms with E-state index >= 15 is 0 Å². The Labute approximate surface area is 132 Å². The van der Waals surface area contributed by atoms with Gasteiger partial charge in [0.1, 0.15) is 18.8 Å². The van der Waals surface area contributed by atoms with Crippen molar-refractivity contribution in [2.75, 3.05) is 39.4 Å². The van der Waals surface area contributed by atoms with E-state index in [2.05, 4.69) is 9.46 Å². The monoisotopic (exact) mass is 355 g/mol. The van der Waals surface area contributed by atoms with E-state index in [0.717, 1.165) is 37.4 Å². The molecule has 0 saturated carbocycles. The Balaban J connectivity index is 1.88. The summed E-state index contributed by atoms with van der Waals surface area (Å²) in [5.74, 6) is -0.464. The first-order valence-corrected chi connectivity index (χ1v) is 8.51. The van der Waals surface area contributed by atoms with Gasteiger partial charge in [0.15, 0.2) is 0 Å². The molecule has 1 fully saturated rings. The van der Waals surface area contributed by atoms with Crippen LogP contribution in [0.25, 0.3) is 0 Å². The Morgan fingerprint density at radius 2 is 1.78 bits per heavy atom. The highest BCUT2D eigenvalue weighted by Crippen LogP contribution is 2.23. The second kappa shape index (κ2) is 7.47. The van der Waals surface area contributed by atoms with Gasteiger partial charge in [-0.1, -0.05) is 0 Å². The highest BCUT2D eigenvalue weighted by molar-refractivity contribution is 7.89. The van der Waals surface area contributed by atoms with Crippen molar-refractivity contribution in [1.82, 2.24) is 4.72 Å². The predicted molar refractivity (Wildman–Crippen MR) is 74.7 cm³/mol. The van der Waals surface area contributed by atoms with Crippen LogP contribution in [0.3, 0.4) is 0 Å². The van der Waals surface area contributed by atoms with E-state index in [1.807, 2.05) is 0 Å². The van der Waals surface area contributed by atoms with Crippen molar-refractivity contribution in [2.24, 2.45) is 0 Å². The van der Waals surface area contributed by atoms with Gasteiger partial charge in [0.25, 0.3) is 0 Å². The van der Waals surface area contributed by atoms with Crippen LogP contribution >= 0.6 is 0 Å². The minimum atomic E-state index is -4.81. The van der Waals surface area contributed by atoms with Gasteiger partial charge in [0.2, 0.25) is 10.0 Å². The lowest BCUT2D eigenvalue weighted by molar-refractivity contribution is -0.906. The lowest BCUT2D eigenvalue weighted by Crippen LogP contribution is -3.14. The molecule has 1 saturated heterocycles. The van der Waals surface area contributed by atoms with Crippen molar-refractivity contribution in [2.45, 2.75) is 11.3 Å². The summed E-state index contributed by atoms with van der Waals surface area (Å²) in [6.07, 6.45) is -4.81. The number of nitrogens with one attached hydrogen (secondary N) is 2.